The van der Waals surface area contributed by atoms with Crippen molar-refractivity contribution in [3.05, 3.63) is 23.8 Å². The van der Waals surface area contributed by atoms with Crippen LogP contribution in [0.4, 0.5) is 0 Å². The van der Waals surface area contributed by atoms with Crippen molar-refractivity contribution in [2.75, 3.05) is 20.9 Å². The average Bonchev–Trinajstić information content (AvgIpc) is 3.16. The van der Waals surface area contributed by atoms with Crippen LogP contribution in [0.5, 0.6) is 11.5 Å². The first-order valence-electron chi connectivity index (χ1n) is 8.11. The molecular weight excluding hydrogens is 310 g/mol. The summed E-state index contributed by atoms with van der Waals surface area (Å²) in [6.07, 6.45) is 2.96. The Kier molecular flexibility index (Phi) is 4.36. The van der Waals surface area contributed by atoms with Crippen LogP contribution >= 0.6 is 0 Å². The van der Waals surface area contributed by atoms with Gasteiger partial charge < -0.3 is 20.5 Å². The van der Waals surface area contributed by atoms with Gasteiger partial charge in [-0.25, -0.2) is 0 Å². The number of fused-ring (bicyclic) bond motifs is 1. The van der Waals surface area contributed by atoms with Crippen LogP contribution in [0, 0.1) is 0 Å². The van der Waals surface area contributed by atoms with Crippen molar-refractivity contribution in [1.82, 2.24) is 10.2 Å². The molecule has 3 rings (SSSR count). The summed E-state index contributed by atoms with van der Waals surface area (Å²) >= 11 is 0. The van der Waals surface area contributed by atoms with Crippen molar-refractivity contribution in [2.45, 2.75) is 37.3 Å². The lowest BCUT2D eigenvalue weighted by molar-refractivity contribution is -0.134. The molecule has 0 unspecified atom stereocenters. The maximum atomic E-state index is 12.9. The van der Waals surface area contributed by atoms with Gasteiger partial charge in [0, 0.05) is 0 Å². The van der Waals surface area contributed by atoms with Crippen molar-refractivity contribution in [1.29, 1.82) is 0 Å². The smallest absolute Gasteiger partial charge is 0.243 e. The normalized spacial score (nSPS) is 19.3. The second-order valence-electron chi connectivity index (χ2n) is 6.62. The average molecular weight is 333 g/mol. The molecule has 1 aromatic rings. The molecule has 1 saturated carbocycles. The first kappa shape index (κ1) is 16.6. The molecule has 0 saturated heterocycles. The third-order valence-corrected chi connectivity index (χ3v) is 4.77. The molecule has 1 atom stereocenters. The number of nitrogens with zero attached hydrogens (tertiary/aromatic N) is 1. The quantitative estimate of drug-likeness (QED) is 0.836. The SMILES string of the molecule is CN(C)[C@@H](C(=O)NC1(C(N)=O)CCCC1)c1ccc2c(c1)OCO2. The van der Waals surface area contributed by atoms with Gasteiger partial charge in [0.05, 0.1) is 0 Å². The zero-order valence-electron chi connectivity index (χ0n) is 14.0. The van der Waals surface area contributed by atoms with Gasteiger partial charge in [-0.2, -0.15) is 0 Å². The van der Waals surface area contributed by atoms with E-state index in [0.29, 0.717) is 24.3 Å². The standard InChI is InChI=1S/C17H23N3O4/c1-20(2)14(11-5-6-12-13(9-11)24-10-23-12)15(21)19-17(16(18)22)7-3-4-8-17/h5-6,9,14H,3-4,7-8,10H2,1-2H3,(H2,18,22)(H,19,21)/t14-/m1/s1. The maximum absolute atomic E-state index is 12.9. The highest BCUT2D eigenvalue weighted by Gasteiger charge is 2.42. The Bertz CT molecular complexity index is 653. The predicted octanol–water partition coefficient (Wildman–Crippen LogP) is 0.932. The van der Waals surface area contributed by atoms with Gasteiger partial charge in [0.1, 0.15) is 11.6 Å². The van der Waals surface area contributed by atoms with E-state index in [1.54, 1.807) is 17.0 Å². The van der Waals surface area contributed by atoms with Crippen molar-refractivity contribution in [2.24, 2.45) is 5.73 Å². The first-order valence-corrected chi connectivity index (χ1v) is 8.11. The van der Waals surface area contributed by atoms with Gasteiger partial charge in [0.2, 0.25) is 18.6 Å². The minimum absolute atomic E-state index is 0.183. The summed E-state index contributed by atoms with van der Waals surface area (Å²) in [4.78, 5) is 26.6. The summed E-state index contributed by atoms with van der Waals surface area (Å²) in [6, 6.07) is 4.89. The first-order chi connectivity index (χ1) is 11.4. The number of likely N-dealkylation sites (N-methyl/N-ethyl adjacent to an activating group) is 1. The molecule has 7 heteroatoms. The third kappa shape index (κ3) is 2.91. The summed E-state index contributed by atoms with van der Waals surface area (Å²) in [7, 11) is 3.64. The number of amides is 2. The fourth-order valence-corrected chi connectivity index (χ4v) is 3.48. The van der Waals surface area contributed by atoms with E-state index in [4.69, 9.17) is 15.2 Å². The van der Waals surface area contributed by atoms with Crippen LogP contribution in [-0.2, 0) is 9.59 Å². The summed E-state index contributed by atoms with van der Waals surface area (Å²) in [5, 5.41) is 2.91. The van der Waals surface area contributed by atoms with Crippen molar-refractivity contribution in [3.63, 3.8) is 0 Å². The second kappa shape index (κ2) is 6.32. The molecule has 130 valence electrons. The monoisotopic (exact) mass is 333 g/mol. The van der Waals surface area contributed by atoms with Crippen LogP contribution < -0.4 is 20.5 Å². The van der Waals surface area contributed by atoms with E-state index in [2.05, 4.69) is 5.32 Å². The molecule has 24 heavy (non-hydrogen) atoms. The van der Waals surface area contributed by atoms with Crippen molar-refractivity contribution < 1.29 is 19.1 Å². The summed E-state index contributed by atoms with van der Waals surface area (Å²) in [5.74, 6) is 0.592. The van der Waals surface area contributed by atoms with E-state index in [1.165, 1.54) is 0 Å². The highest BCUT2D eigenvalue weighted by atomic mass is 16.7. The molecule has 1 fully saturated rings. The molecule has 1 heterocycles. The van der Waals surface area contributed by atoms with Gasteiger partial charge in [-0.05, 0) is 44.6 Å². The summed E-state index contributed by atoms with van der Waals surface area (Å²) in [6.45, 7) is 0.183. The Labute approximate surface area is 141 Å². The van der Waals surface area contributed by atoms with E-state index in [0.717, 1.165) is 18.4 Å². The molecule has 3 N–H and O–H groups in total. The Balaban J connectivity index is 1.85. The maximum Gasteiger partial charge on any atom is 0.243 e. The van der Waals surface area contributed by atoms with Crippen LogP contribution in [0.2, 0.25) is 0 Å². The molecule has 2 aliphatic rings. The molecule has 0 aromatic heterocycles. The number of primary amides is 1. The summed E-state index contributed by atoms with van der Waals surface area (Å²) in [5.41, 5.74) is 5.41. The molecule has 0 bridgehead atoms. The number of nitrogens with one attached hydrogen (secondary N) is 1. The number of carbonyl (C=O) groups is 2. The molecule has 0 spiro atoms. The molecule has 7 nitrogen and oxygen atoms in total. The molecule has 1 aliphatic carbocycles. The molecule has 0 radical (unpaired) electrons. The Morgan fingerprint density at radius 1 is 1.21 bits per heavy atom. The number of nitrogens with two attached hydrogens (primary N) is 1. The number of benzene rings is 1. The van der Waals surface area contributed by atoms with Crippen LogP contribution in [0.25, 0.3) is 0 Å². The minimum atomic E-state index is -0.929. The zero-order chi connectivity index (χ0) is 17.3. The van der Waals surface area contributed by atoms with Crippen LogP contribution in [0.1, 0.15) is 37.3 Å². The summed E-state index contributed by atoms with van der Waals surface area (Å²) < 4.78 is 10.7. The lowest BCUT2D eigenvalue weighted by atomic mass is 9.95. The van der Waals surface area contributed by atoms with Gasteiger partial charge in [-0.15, -0.1) is 0 Å². The number of hydrogen-bond donors (Lipinski definition) is 2. The van der Waals surface area contributed by atoms with E-state index >= 15 is 0 Å². The number of hydrogen-bond acceptors (Lipinski definition) is 5. The Hall–Kier alpha value is -2.28. The van der Waals surface area contributed by atoms with Crippen molar-refractivity contribution in [3.8, 4) is 11.5 Å². The molecule has 1 aromatic carbocycles. The van der Waals surface area contributed by atoms with E-state index in [9.17, 15) is 9.59 Å². The fraction of sp³-hybridized carbons (Fsp3) is 0.529. The van der Waals surface area contributed by atoms with Crippen molar-refractivity contribution >= 4 is 11.8 Å². The van der Waals surface area contributed by atoms with Gasteiger partial charge in [-0.3, -0.25) is 14.5 Å². The van der Waals surface area contributed by atoms with Crippen LogP contribution in [-0.4, -0.2) is 43.1 Å². The Morgan fingerprint density at radius 3 is 2.50 bits per heavy atom. The zero-order valence-corrected chi connectivity index (χ0v) is 14.0. The predicted molar refractivity (Wildman–Crippen MR) is 87.5 cm³/mol. The van der Waals surface area contributed by atoms with E-state index < -0.39 is 17.5 Å². The minimum Gasteiger partial charge on any atom is -0.454 e. The number of ether oxygens (including phenoxy) is 2. The lowest BCUT2D eigenvalue weighted by Crippen LogP contribution is -2.57. The largest absolute Gasteiger partial charge is 0.454 e. The van der Waals surface area contributed by atoms with Gasteiger partial charge in [0.25, 0.3) is 0 Å². The fourth-order valence-electron chi connectivity index (χ4n) is 3.48. The Morgan fingerprint density at radius 2 is 1.88 bits per heavy atom. The molecule has 2 amide bonds. The van der Waals surface area contributed by atoms with Gasteiger partial charge in [-0.1, -0.05) is 18.9 Å². The topological polar surface area (TPSA) is 93.9 Å². The van der Waals surface area contributed by atoms with Gasteiger partial charge >= 0.3 is 0 Å². The van der Waals surface area contributed by atoms with Crippen LogP contribution in [0.3, 0.4) is 0 Å². The lowest BCUT2D eigenvalue weighted by Gasteiger charge is -2.31. The second-order valence-corrected chi connectivity index (χ2v) is 6.62. The highest BCUT2D eigenvalue weighted by molar-refractivity contribution is 5.93. The number of rotatable bonds is 5. The van der Waals surface area contributed by atoms with E-state index in [1.807, 2.05) is 20.2 Å². The van der Waals surface area contributed by atoms with E-state index in [-0.39, 0.29) is 12.7 Å². The highest BCUT2D eigenvalue weighted by Crippen LogP contribution is 2.36. The number of carbonyl (C=O) groups excluding carboxylic acids is 2. The van der Waals surface area contributed by atoms with Crippen LogP contribution in [0.15, 0.2) is 18.2 Å². The third-order valence-electron chi connectivity index (χ3n) is 4.77. The molecular formula is C17H23N3O4. The molecule has 1 aliphatic heterocycles. The van der Waals surface area contributed by atoms with Gasteiger partial charge in [0.15, 0.2) is 11.5 Å².